The quantitative estimate of drug-likeness (QED) is 0.223. The van der Waals surface area contributed by atoms with Crippen LogP contribution in [0.15, 0.2) is 71.6 Å². The van der Waals surface area contributed by atoms with Gasteiger partial charge in [0.05, 0.1) is 22.5 Å². The lowest BCUT2D eigenvalue weighted by molar-refractivity contribution is 0.151. The van der Waals surface area contributed by atoms with E-state index in [1.54, 1.807) is 12.1 Å². The molecule has 0 aliphatic heterocycles. The van der Waals surface area contributed by atoms with E-state index in [0.717, 1.165) is 59.2 Å². The Balaban J connectivity index is 1.64. The van der Waals surface area contributed by atoms with Gasteiger partial charge in [-0.25, -0.2) is 22.9 Å². The Labute approximate surface area is 224 Å². The fourth-order valence-corrected chi connectivity index (χ4v) is 5.63. The van der Waals surface area contributed by atoms with E-state index >= 15 is 0 Å². The molecule has 1 aromatic heterocycles. The Bertz CT molecular complexity index is 1510. The molecule has 7 nitrogen and oxygen atoms in total. The highest BCUT2D eigenvalue weighted by molar-refractivity contribution is 7.90. The second-order valence-electron chi connectivity index (χ2n) is 9.33. The zero-order valence-electron chi connectivity index (χ0n) is 22.2. The second-order valence-corrected chi connectivity index (χ2v) is 11.0. The molecule has 0 aliphatic carbocycles. The number of fused-ring (bicyclic) bond motifs is 1. The fourth-order valence-electron chi connectivity index (χ4n) is 4.53. The number of amides is 1. The number of carbonyl (C=O) groups excluding carboxylic acids is 1. The van der Waals surface area contributed by atoms with Gasteiger partial charge >= 0.3 is 6.09 Å². The predicted molar refractivity (Wildman–Crippen MR) is 151 cm³/mol. The van der Waals surface area contributed by atoms with E-state index in [-0.39, 0.29) is 11.5 Å². The van der Waals surface area contributed by atoms with Gasteiger partial charge < -0.3 is 9.30 Å². The van der Waals surface area contributed by atoms with Gasteiger partial charge in [0.2, 0.25) is 0 Å². The van der Waals surface area contributed by atoms with Crippen LogP contribution in [0.5, 0.6) is 0 Å². The van der Waals surface area contributed by atoms with Crippen molar-refractivity contribution in [2.75, 3.05) is 6.61 Å². The lowest BCUT2D eigenvalue weighted by atomic mass is 10.00. The largest absolute Gasteiger partial charge is 0.449 e. The molecule has 1 N–H and O–H groups in total. The molecule has 0 aliphatic rings. The number of aryl methyl sites for hydroxylation is 2. The molecule has 1 amide bonds. The number of ether oxygens (including phenoxy) is 1. The lowest BCUT2D eigenvalue weighted by Crippen LogP contribution is -2.31. The van der Waals surface area contributed by atoms with Crippen molar-refractivity contribution in [1.82, 2.24) is 14.3 Å². The van der Waals surface area contributed by atoms with E-state index in [2.05, 4.69) is 29.2 Å². The van der Waals surface area contributed by atoms with Gasteiger partial charge in [0, 0.05) is 18.5 Å². The van der Waals surface area contributed by atoms with Crippen LogP contribution >= 0.6 is 0 Å². The van der Waals surface area contributed by atoms with E-state index in [0.29, 0.717) is 18.5 Å². The van der Waals surface area contributed by atoms with Gasteiger partial charge in [0.15, 0.2) is 0 Å². The van der Waals surface area contributed by atoms with E-state index in [1.165, 1.54) is 0 Å². The molecule has 0 radical (unpaired) electrons. The first-order chi connectivity index (χ1) is 18.4. The number of sulfonamides is 1. The van der Waals surface area contributed by atoms with Crippen molar-refractivity contribution in [3.8, 4) is 11.1 Å². The SMILES string of the molecule is CCCCOC(=O)NS(=O)(=O)c1ccc(CCC)cc1-c1ccc(Cn2c(CC)nc3ccccc32)cc1. The van der Waals surface area contributed by atoms with Gasteiger partial charge in [-0.1, -0.05) is 76.1 Å². The molecule has 0 unspecified atom stereocenters. The second kappa shape index (κ2) is 12.3. The van der Waals surface area contributed by atoms with E-state index in [9.17, 15) is 13.2 Å². The molecule has 0 atom stereocenters. The number of nitrogens with one attached hydrogen (secondary N) is 1. The van der Waals surface area contributed by atoms with Gasteiger partial charge in [-0.15, -0.1) is 0 Å². The van der Waals surface area contributed by atoms with Crippen LogP contribution in [0.3, 0.4) is 0 Å². The minimum absolute atomic E-state index is 0.0476. The van der Waals surface area contributed by atoms with Crippen LogP contribution in [-0.4, -0.2) is 30.7 Å². The van der Waals surface area contributed by atoms with Gasteiger partial charge in [-0.3, -0.25) is 0 Å². The molecule has 0 fully saturated rings. The van der Waals surface area contributed by atoms with Gasteiger partial charge in [-0.2, -0.15) is 0 Å². The summed E-state index contributed by atoms with van der Waals surface area (Å²) in [5.74, 6) is 1.02. The molecule has 4 aromatic rings. The lowest BCUT2D eigenvalue weighted by Gasteiger charge is -2.15. The zero-order chi connectivity index (χ0) is 27.1. The third-order valence-electron chi connectivity index (χ3n) is 6.48. The third kappa shape index (κ3) is 6.25. The molecule has 8 heteroatoms. The van der Waals surface area contributed by atoms with Gasteiger partial charge in [-0.05, 0) is 53.8 Å². The molecule has 0 saturated heterocycles. The van der Waals surface area contributed by atoms with E-state index in [1.807, 2.05) is 55.5 Å². The smallest absolute Gasteiger partial charge is 0.421 e. The van der Waals surface area contributed by atoms with Crippen LogP contribution in [0, 0.1) is 0 Å². The highest BCUT2D eigenvalue weighted by atomic mass is 32.2. The topological polar surface area (TPSA) is 90.3 Å². The highest BCUT2D eigenvalue weighted by Gasteiger charge is 2.23. The summed E-state index contributed by atoms with van der Waals surface area (Å²) in [6.07, 6.45) is 3.14. The Morgan fingerprint density at radius 2 is 1.68 bits per heavy atom. The first-order valence-corrected chi connectivity index (χ1v) is 14.7. The average molecular weight is 534 g/mol. The minimum Gasteiger partial charge on any atom is -0.449 e. The fraction of sp³-hybridized carbons (Fsp3) is 0.333. The minimum atomic E-state index is -4.13. The van der Waals surface area contributed by atoms with Gasteiger partial charge in [0.25, 0.3) is 10.0 Å². The van der Waals surface area contributed by atoms with Crippen LogP contribution in [0.2, 0.25) is 0 Å². The summed E-state index contributed by atoms with van der Waals surface area (Å²) in [6.45, 7) is 6.98. The number of rotatable bonds is 11. The Kier molecular flexibility index (Phi) is 8.84. The maximum absolute atomic E-state index is 13.2. The number of para-hydroxylation sites is 2. The Morgan fingerprint density at radius 3 is 2.39 bits per heavy atom. The van der Waals surface area contributed by atoms with Crippen molar-refractivity contribution in [3.63, 3.8) is 0 Å². The number of hydrogen-bond donors (Lipinski definition) is 1. The average Bonchev–Trinajstić information content (AvgIpc) is 3.26. The summed E-state index contributed by atoms with van der Waals surface area (Å²) < 4.78 is 35.7. The molecular formula is C30H35N3O4S. The first kappa shape index (κ1) is 27.4. The van der Waals surface area contributed by atoms with E-state index < -0.39 is 16.1 Å². The van der Waals surface area contributed by atoms with Crippen LogP contribution < -0.4 is 4.72 Å². The molecule has 3 aromatic carbocycles. The number of hydrogen-bond acceptors (Lipinski definition) is 5. The van der Waals surface area contributed by atoms with Crippen molar-refractivity contribution < 1.29 is 17.9 Å². The molecule has 38 heavy (non-hydrogen) atoms. The summed E-state index contributed by atoms with van der Waals surface area (Å²) in [4.78, 5) is 16.9. The molecule has 0 saturated carbocycles. The van der Waals surface area contributed by atoms with Crippen molar-refractivity contribution >= 4 is 27.1 Å². The van der Waals surface area contributed by atoms with Gasteiger partial charge in [0.1, 0.15) is 5.82 Å². The number of imidazole rings is 1. The molecule has 4 rings (SSSR count). The molecule has 0 bridgehead atoms. The van der Waals surface area contributed by atoms with Crippen LogP contribution in [0.1, 0.15) is 57.0 Å². The summed E-state index contributed by atoms with van der Waals surface area (Å²) in [5, 5.41) is 0. The van der Waals surface area contributed by atoms with Crippen molar-refractivity contribution in [2.24, 2.45) is 0 Å². The number of carbonyl (C=O) groups is 1. The molecule has 0 spiro atoms. The standard InChI is InChI=1S/C30H35N3O4S/c1-4-7-19-37-30(34)32-38(35,36)28-18-15-22(10-5-2)20-25(28)24-16-13-23(14-17-24)21-33-27-12-9-8-11-26(27)31-29(33)6-3/h8-9,11-18,20H,4-7,10,19,21H2,1-3H3,(H,32,34). The number of benzene rings is 3. The highest BCUT2D eigenvalue weighted by Crippen LogP contribution is 2.30. The van der Waals surface area contributed by atoms with Crippen LogP contribution in [0.4, 0.5) is 4.79 Å². The van der Waals surface area contributed by atoms with Crippen LogP contribution in [-0.2, 0) is 34.1 Å². The van der Waals surface area contributed by atoms with E-state index in [4.69, 9.17) is 9.72 Å². The van der Waals surface area contributed by atoms with Crippen molar-refractivity contribution in [2.45, 2.75) is 64.3 Å². The molecule has 1 heterocycles. The third-order valence-corrected chi connectivity index (χ3v) is 7.85. The predicted octanol–water partition coefficient (Wildman–Crippen LogP) is 6.48. The number of unbranched alkanes of at least 4 members (excludes halogenated alkanes) is 1. The summed E-state index contributed by atoms with van der Waals surface area (Å²) in [5.41, 5.74) is 5.50. The number of nitrogens with zero attached hydrogens (tertiary/aromatic N) is 2. The summed E-state index contributed by atoms with van der Waals surface area (Å²) in [7, 11) is -4.13. The molecule has 200 valence electrons. The van der Waals surface area contributed by atoms with Crippen molar-refractivity contribution in [3.05, 3.63) is 83.7 Å². The summed E-state index contributed by atoms with van der Waals surface area (Å²) >= 11 is 0. The maximum Gasteiger partial charge on any atom is 0.421 e. The number of aromatic nitrogens is 2. The van der Waals surface area contributed by atoms with Crippen LogP contribution in [0.25, 0.3) is 22.2 Å². The first-order valence-electron chi connectivity index (χ1n) is 13.2. The molecular weight excluding hydrogens is 498 g/mol. The monoisotopic (exact) mass is 533 g/mol. The normalized spacial score (nSPS) is 11.6. The Morgan fingerprint density at radius 1 is 0.947 bits per heavy atom. The Hall–Kier alpha value is -3.65. The summed E-state index contributed by atoms with van der Waals surface area (Å²) in [6, 6.07) is 21.3. The maximum atomic E-state index is 13.2. The zero-order valence-corrected chi connectivity index (χ0v) is 23.1. The van der Waals surface area contributed by atoms with Crippen molar-refractivity contribution in [1.29, 1.82) is 0 Å².